The molecule has 0 atom stereocenters. The maximum absolute atomic E-state index is 10.4. The van der Waals surface area contributed by atoms with E-state index < -0.39 is 5.97 Å². The zero-order valence-electron chi connectivity index (χ0n) is 7.82. The van der Waals surface area contributed by atoms with Crippen molar-refractivity contribution in [3.8, 4) is 0 Å². The van der Waals surface area contributed by atoms with Crippen LogP contribution in [0.15, 0.2) is 11.6 Å². The van der Waals surface area contributed by atoms with E-state index in [9.17, 15) is 4.79 Å². The van der Waals surface area contributed by atoms with Crippen molar-refractivity contribution >= 4 is 5.97 Å². The van der Waals surface area contributed by atoms with E-state index in [2.05, 4.69) is 4.90 Å². The number of aliphatic carboxylic acids is 1. The van der Waals surface area contributed by atoms with E-state index in [0.29, 0.717) is 12.3 Å². The van der Waals surface area contributed by atoms with Crippen molar-refractivity contribution < 1.29 is 14.6 Å². The van der Waals surface area contributed by atoms with Crippen LogP contribution in [0.4, 0.5) is 0 Å². The fourth-order valence-corrected chi connectivity index (χ4v) is 1.18. The first kappa shape index (κ1) is 10.2. The van der Waals surface area contributed by atoms with E-state index in [4.69, 9.17) is 9.84 Å². The molecular formula is C9H15NO3. The Balaban J connectivity index is 2.18. The van der Waals surface area contributed by atoms with E-state index in [1.807, 2.05) is 0 Å². The summed E-state index contributed by atoms with van der Waals surface area (Å²) in [7, 11) is 0. The molecule has 0 aromatic carbocycles. The van der Waals surface area contributed by atoms with E-state index >= 15 is 0 Å². The van der Waals surface area contributed by atoms with E-state index in [-0.39, 0.29) is 0 Å². The Morgan fingerprint density at radius 2 is 2.46 bits per heavy atom. The Morgan fingerprint density at radius 3 is 3.00 bits per heavy atom. The molecule has 4 nitrogen and oxygen atoms in total. The lowest BCUT2D eigenvalue weighted by Gasteiger charge is -2.10. The normalized spacial score (nSPS) is 19.3. The quantitative estimate of drug-likeness (QED) is 0.655. The highest BCUT2D eigenvalue weighted by Gasteiger charge is 2.10. The van der Waals surface area contributed by atoms with Gasteiger partial charge < -0.3 is 9.84 Å². The van der Waals surface area contributed by atoms with Crippen LogP contribution >= 0.6 is 0 Å². The van der Waals surface area contributed by atoms with Gasteiger partial charge in [0.25, 0.3) is 0 Å². The molecule has 1 fully saturated rings. The summed E-state index contributed by atoms with van der Waals surface area (Å²) in [5.41, 5.74) is 0.417. The number of nitrogens with zero attached hydrogens (tertiary/aromatic N) is 1. The number of rotatable bonds is 4. The molecule has 1 rings (SSSR count). The molecule has 0 saturated carbocycles. The summed E-state index contributed by atoms with van der Waals surface area (Å²) in [6.07, 6.45) is 2.53. The molecule has 1 aliphatic rings. The van der Waals surface area contributed by atoms with Gasteiger partial charge >= 0.3 is 5.97 Å². The van der Waals surface area contributed by atoms with Crippen LogP contribution in [0.5, 0.6) is 0 Å². The van der Waals surface area contributed by atoms with Gasteiger partial charge in [-0.3, -0.25) is 4.90 Å². The van der Waals surface area contributed by atoms with Gasteiger partial charge in [0.2, 0.25) is 0 Å². The van der Waals surface area contributed by atoms with E-state index in [0.717, 1.165) is 26.1 Å². The van der Waals surface area contributed by atoms with Crippen LogP contribution in [0.1, 0.15) is 13.3 Å². The molecule has 0 spiro atoms. The summed E-state index contributed by atoms with van der Waals surface area (Å²) in [6.45, 7) is 4.93. The van der Waals surface area contributed by atoms with Crippen molar-refractivity contribution in [2.75, 3.05) is 26.4 Å². The Hall–Kier alpha value is -0.870. The number of carboxylic acids is 1. The van der Waals surface area contributed by atoms with Crippen molar-refractivity contribution in [1.82, 2.24) is 4.90 Å². The molecule has 13 heavy (non-hydrogen) atoms. The highest BCUT2D eigenvalue weighted by molar-refractivity contribution is 5.85. The van der Waals surface area contributed by atoms with E-state index in [1.165, 1.54) is 0 Å². The second-order valence-corrected chi connectivity index (χ2v) is 3.14. The number of hydrogen-bond acceptors (Lipinski definition) is 3. The van der Waals surface area contributed by atoms with Crippen molar-refractivity contribution in [3.63, 3.8) is 0 Å². The maximum Gasteiger partial charge on any atom is 0.330 e. The van der Waals surface area contributed by atoms with Crippen LogP contribution in [-0.4, -0.2) is 42.4 Å². The molecular weight excluding hydrogens is 170 g/mol. The highest BCUT2D eigenvalue weighted by Crippen LogP contribution is 2.02. The molecule has 1 heterocycles. The van der Waals surface area contributed by atoms with Gasteiger partial charge in [-0.05, 0) is 13.3 Å². The first-order valence-electron chi connectivity index (χ1n) is 4.40. The monoisotopic (exact) mass is 185 g/mol. The number of hydrogen-bond donors (Lipinski definition) is 1. The standard InChI is InChI=1S/C9H15NO3/c1-8(9(11)12)3-2-4-10-5-6-13-7-10/h3H,2,4-7H2,1H3,(H,11,12). The Labute approximate surface area is 77.8 Å². The molecule has 0 unspecified atom stereocenters. The summed E-state index contributed by atoms with van der Waals surface area (Å²) in [4.78, 5) is 12.6. The minimum atomic E-state index is -0.835. The van der Waals surface area contributed by atoms with Crippen LogP contribution in [0, 0.1) is 0 Å². The number of carbonyl (C=O) groups is 1. The second-order valence-electron chi connectivity index (χ2n) is 3.14. The van der Waals surface area contributed by atoms with Crippen LogP contribution in [0.2, 0.25) is 0 Å². The third-order valence-corrected chi connectivity index (χ3v) is 2.06. The molecule has 4 heteroatoms. The van der Waals surface area contributed by atoms with Crippen molar-refractivity contribution in [3.05, 3.63) is 11.6 Å². The number of carboxylic acid groups (broad SMARTS) is 1. The minimum absolute atomic E-state index is 0.417. The summed E-state index contributed by atoms with van der Waals surface area (Å²) in [6, 6.07) is 0. The molecule has 0 bridgehead atoms. The van der Waals surface area contributed by atoms with Crippen LogP contribution in [0.25, 0.3) is 0 Å². The molecule has 0 aliphatic carbocycles. The smallest absolute Gasteiger partial charge is 0.330 e. The van der Waals surface area contributed by atoms with Crippen molar-refractivity contribution in [2.24, 2.45) is 0 Å². The van der Waals surface area contributed by atoms with Gasteiger partial charge in [0.15, 0.2) is 0 Å². The van der Waals surface area contributed by atoms with Gasteiger partial charge in [-0.1, -0.05) is 6.08 Å². The van der Waals surface area contributed by atoms with Crippen molar-refractivity contribution in [2.45, 2.75) is 13.3 Å². The molecule has 0 radical (unpaired) electrons. The summed E-state index contributed by atoms with van der Waals surface area (Å²) in [5, 5.41) is 8.57. The molecule has 0 aromatic heterocycles. The first-order chi connectivity index (χ1) is 6.20. The predicted octanol–water partition coefficient (Wildman–Crippen LogP) is 0.697. The second kappa shape index (κ2) is 4.99. The SMILES string of the molecule is CC(=CCCN1CCOC1)C(=O)O. The molecule has 1 aliphatic heterocycles. The Morgan fingerprint density at radius 1 is 1.69 bits per heavy atom. The van der Waals surface area contributed by atoms with Gasteiger partial charge in [0, 0.05) is 18.7 Å². The fourth-order valence-electron chi connectivity index (χ4n) is 1.18. The van der Waals surface area contributed by atoms with Gasteiger partial charge in [0.1, 0.15) is 0 Å². The first-order valence-corrected chi connectivity index (χ1v) is 4.40. The lowest BCUT2D eigenvalue weighted by molar-refractivity contribution is -0.132. The third-order valence-electron chi connectivity index (χ3n) is 2.06. The maximum atomic E-state index is 10.4. The third kappa shape index (κ3) is 3.57. The van der Waals surface area contributed by atoms with Crippen molar-refractivity contribution in [1.29, 1.82) is 0 Å². The topological polar surface area (TPSA) is 49.8 Å². The average Bonchev–Trinajstić information content (AvgIpc) is 2.56. The molecule has 0 amide bonds. The predicted molar refractivity (Wildman–Crippen MR) is 48.4 cm³/mol. The van der Waals surface area contributed by atoms with Gasteiger partial charge in [0.05, 0.1) is 13.3 Å². The molecule has 1 N–H and O–H groups in total. The van der Waals surface area contributed by atoms with Crippen LogP contribution < -0.4 is 0 Å². The summed E-state index contributed by atoms with van der Waals surface area (Å²) < 4.78 is 5.15. The van der Waals surface area contributed by atoms with Gasteiger partial charge in [-0.2, -0.15) is 0 Å². The molecule has 1 saturated heterocycles. The molecule has 74 valence electrons. The molecule has 0 aromatic rings. The van der Waals surface area contributed by atoms with Gasteiger partial charge in [-0.25, -0.2) is 4.79 Å². The minimum Gasteiger partial charge on any atom is -0.478 e. The fraction of sp³-hybridized carbons (Fsp3) is 0.667. The lowest BCUT2D eigenvalue weighted by Crippen LogP contribution is -2.20. The zero-order valence-corrected chi connectivity index (χ0v) is 7.82. The summed E-state index contributed by atoms with van der Waals surface area (Å²) in [5.74, 6) is -0.835. The lowest BCUT2D eigenvalue weighted by atomic mass is 10.2. The average molecular weight is 185 g/mol. The van der Waals surface area contributed by atoms with E-state index in [1.54, 1.807) is 13.0 Å². The zero-order chi connectivity index (χ0) is 9.68. The van der Waals surface area contributed by atoms with Crippen LogP contribution in [-0.2, 0) is 9.53 Å². The Bertz CT molecular complexity index is 207. The van der Waals surface area contributed by atoms with Crippen LogP contribution in [0.3, 0.4) is 0 Å². The highest BCUT2D eigenvalue weighted by atomic mass is 16.5. The number of ether oxygens (including phenoxy) is 1. The van der Waals surface area contributed by atoms with Gasteiger partial charge in [-0.15, -0.1) is 0 Å². The summed E-state index contributed by atoms with van der Waals surface area (Å²) >= 11 is 0. The largest absolute Gasteiger partial charge is 0.478 e. The Kier molecular flexibility index (Phi) is 3.92.